The predicted molar refractivity (Wildman–Crippen MR) is 44.7 cm³/mol. The maximum absolute atomic E-state index is 10.2. The average Bonchev–Trinajstić information content (AvgIpc) is 1.91. The van der Waals surface area contributed by atoms with Crippen LogP contribution in [0.15, 0.2) is 44.2 Å². The van der Waals surface area contributed by atoms with E-state index in [1.807, 2.05) is 0 Å². The molecule has 0 rings (SSSR count). The van der Waals surface area contributed by atoms with Gasteiger partial charge in [0.2, 0.25) is 0 Å². The van der Waals surface area contributed by atoms with Gasteiger partial charge in [0.1, 0.15) is 0 Å². The summed E-state index contributed by atoms with van der Waals surface area (Å²) in [7, 11) is 0. The number of hydrogen-bond acceptors (Lipinski definition) is 0. The summed E-state index contributed by atoms with van der Waals surface area (Å²) in [6, 6.07) is 0. The number of hydrogen-bond donors (Lipinski definition) is 0. The first-order valence-corrected chi connectivity index (χ1v) is 2.22. The van der Waals surface area contributed by atoms with Crippen molar-refractivity contribution < 1.29 is 17.6 Å². The number of halogens is 5. The van der Waals surface area contributed by atoms with Crippen molar-refractivity contribution >= 4 is 12.4 Å². The zero-order valence-corrected chi connectivity index (χ0v) is 7.01. The molecule has 12 heavy (non-hydrogen) atoms. The Kier molecular flexibility index (Phi) is 60.6. The van der Waals surface area contributed by atoms with Gasteiger partial charge in [0.05, 0.1) is 6.33 Å². The Bertz CT molecular complexity index is 132. The zero-order chi connectivity index (χ0) is 9.70. The molecule has 0 aliphatic carbocycles. The van der Waals surface area contributed by atoms with Crippen LogP contribution in [0.5, 0.6) is 0 Å². The molecule has 0 N–H and O–H groups in total. The van der Waals surface area contributed by atoms with Crippen LogP contribution in [0, 0.1) is 0 Å². The molecular weight excluding hydrogens is 196 g/mol. The van der Waals surface area contributed by atoms with E-state index in [1.54, 1.807) is 0 Å². The van der Waals surface area contributed by atoms with Crippen molar-refractivity contribution in [1.82, 2.24) is 0 Å². The number of rotatable bonds is 0. The van der Waals surface area contributed by atoms with E-state index in [-0.39, 0.29) is 18.7 Å². The maximum Gasteiger partial charge on any atom is 0.298 e. The van der Waals surface area contributed by atoms with E-state index >= 15 is 0 Å². The molecule has 0 saturated carbocycles. The van der Waals surface area contributed by atoms with Crippen molar-refractivity contribution in [3.05, 3.63) is 44.2 Å². The zero-order valence-electron chi connectivity index (χ0n) is 6.20. The molecule has 0 aliphatic rings. The van der Waals surface area contributed by atoms with Crippen LogP contribution >= 0.6 is 12.4 Å². The molecule has 0 radical (unpaired) electrons. The largest absolute Gasteiger partial charge is 0.298 e. The second kappa shape index (κ2) is 32.4. The van der Waals surface area contributed by atoms with Gasteiger partial charge in [0, 0.05) is 0 Å². The molecule has 0 fully saturated rings. The third-order valence-corrected chi connectivity index (χ3v) is 0.0825. The molecule has 0 unspecified atom stereocenters. The van der Waals surface area contributed by atoms with Gasteiger partial charge in [-0.25, -0.2) is 8.78 Å². The Hall–Kier alpha value is -0.990. The third-order valence-electron chi connectivity index (χ3n) is 0.0825. The van der Waals surface area contributed by atoms with E-state index in [9.17, 15) is 17.6 Å². The SMILES string of the molecule is C=C=C.C=CF.Cl.FC=C(F)F. The van der Waals surface area contributed by atoms with Crippen molar-refractivity contribution in [3.63, 3.8) is 0 Å². The molecule has 0 spiro atoms. The van der Waals surface area contributed by atoms with Crippen LogP contribution in [0.25, 0.3) is 0 Å². The summed E-state index contributed by atoms with van der Waals surface area (Å²) in [6.45, 7) is 8.94. The first-order chi connectivity index (χ1) is 5.10. The van der Waals surface area contributed by atoms with Crippen LogP contribution in [0.4, 0.5) is 17.6 Å². The second-order valence-corrected chi connectivity index (χ2v) is 0.803. The topological polar surface area (TPSA) is 0 Å². The van der Waals surface area contributed by atoms with Gasteiger partial charge in [-0.2, -0.15) is 8.78 Å². The molecule has 0 bridgehead atoms. The van der Waals surface area contributed by atoms with Gasteiger partial charge in [0.25, 0.3) is 6.08 Å². The van der Waals surface area contributed by atoms with E-state index in [2.05, 4.69) is 25.5 Å². The van der Waals surface area contributed by atoms with Gasteiger partial charge in [-0.15, -0.1) is 18.1 Å². The predicted octanol–water partition coefficient (Wildman–Crippen LogP) is 4.17. The lowest BCUT2D eigenvalue weighted by Gasteiger charge is -1.59. The van der Waals surface area contributed by atoms with E-state index in [0.29, 0.717) is 0 Å². The molecule has 0 heterocycles. The second-order valence-electron chi connectivity index (χ2n) is 0.803. The highest BCUT2D eigenvalue weighted by Gasteiger charge is 1.78. The highest BCUT2D eigenvalue weighted by atomic mass is 35.5. The van der Waals surface area contributed by atoms with E-state index in [4.69, 9.17) is 0 Å². The minimum absolute atomic E-state index is 0. The van der Waals surface area contributed by atoms with Crippen molar-refractivity contribution in [1.29, 1.82) is 0 Å². The van der Waals surface area contributed by atoms with Gasteiger partial charge >= 0.3 is 0 Å². The van der Waals surface area contributed by atoms with Crippen molar-refractivity contribution in [2.24, 2.45) is 0 Å². The van der Waals surface area contributed by atoms with E-state index in [1.165, 1.54) is 0 Å². The Morgan fingerprint density at radius 1 is 1.17 bits per heavy atom. The summed E-state index contributed by atoms with van der Waals surface area (Å²) in [6.07, 6.45) is -2.79. The molecule has 0 aliphatic heterocycles. The van der Waals surface area contributed by atoms with Crippen LogP contribution < -0.4 is 0 Å². The summed E-state index contributed by atoms with van der Waals surface area (Å²) in [5.41, 5.74) is 2.25. The summed E-state index contributed by atoms with van der Waals surface area (Å²) in [5.74, 6) is 0. The minimum Gasteiger partial charge on any atom is -0.216 e. The lowest BCUT2D eigenvalue weighted by Crippen LogP contribution is -1.42. The smallest absolute Gasteiger partial charge is 0.216 e. The molecule has 0 aromatic heterocycles. The molecule has 0 saturated heterocycles. The molecule has 0 atom stereocenters. The van der Waals surface area contributed by atoms with Crippen LogP contribution in [-0.2, 0) is 0 Å². The first kappa shape index (κ1) is 22.5. The highest BCUT2D eigenvalue weighted by Crippen LogP contribution is 1.93. The Balaban J connectivity index is -0.0000000406. The summed E-state index contributed by atoms with van der Waals surface area (Å²) in [5, 5.41) is 0. The van der Waals surface area contributed by atoms with Crippen LogP contribution in [0.1, 0.15) is 0 Å². The first-order valence-electron chi connectivity index (χ1n) is 2.22. The van der Waals surface area contributed by atoms with Crippen molar-refractivity contribution in [3.8, 4) is 0 Å². The average molecular weight is 205 g/mol. The summed E-state index contributed by atoms with van der Waals surface area (Å²) < 4.78 is 40.8. The standard InChI is InChI=1S/C3H4.C2HF3.C2H3F.ClH/c1-3-2;3-1-2(4)5;1-2-3;/h1-2H2;1H;2H,1H2;1H. The van der Waals surface area contributed by atoms with Gasteiger partial charge in [-0.1, -0.05) is 19.7 Å². The monoisotopic (exact) mass is 204 g/mol. The van der Waals surface area contributed by atoms with Gasteiger partial charge in [0.15, 0.2) is 6.33 Å². The molecule has 0 nitrogen and oxygen atoms in total. The molecule has 0 aromatic rings. The summed E-state index contributed by atoms with van der Waals surface area (Å²) in [4.78, 5) is 0. The van der Waals surface area contributed by atoms with E-state index < -0.39 is 12.4 Å². The fourth-order valence-electron chi connectivity index (χ4n) is 0. The maximum atomic E-state index is 10.2. The minimum atomic E-state index is -2.29. The normalized spacial score (nSPS) is 4.67. The lowest BCUT2D eigenvalue weighted by molar-refractivity contribution is 0.400. The molecular formula is C7H9ClF4. The highest BCUT2D eigenvalue weighted by molar-refractivity contribution is 5.85. The lowest BCUT2D eigenvalue weighted by atomic mass is 11.0. The van der Waals surface area contributed by atoms with Gasteiger partial charge in [-0.3, -0.25) is 0 Å². The summed E-state index contributed by atoms with van der Waals surface area (Å²) >= 11 is 0. The Morgan fingerprint density at radius 2 is 1.25 bits per heavy atom. The Morgan fingerprint density at radius 3 is 1.25 bits per heavy atom. The van der Waals surface area contributed by atoms with Crippen LogP contribution in [0.2, 0.25) is 0 Å². The fraction of sp³-hybridized carbons (Fsp3) is 0. The van der Waals surface area contributed by atoms with Crippen LogP contribution in [-0.4, -0.2) is 0 Å². The third kappa shape index (κ3) is 567. The van der Waals surface area contributed by atoms with Crippen molar-refractivity contribution in [2.45, 2.75) is 0 Å². The molecule has 0 aromatic carbocycles. The quantitative estimate of drug-likeness (QED) is 0.410. The van der Waals surface area contributed by atoms with E-state index in [0.717, 1.165) is 0 Å². The fourth-order valence-corrected chi connectivity index (χ4v) is 0. The molecule has 0 amide bonds. The van der Waals surface area contributed by atoms with Crippen LogP contribution in [0.3, 0.4) is 0 Å². The Labute approximate surface area is 75.0 Å². The molecule has 72 valence electrons. The molecule has 5 heteroatoms. The van der Waals surface area contributed by atoms with Gasteiger partial charge in [-0.05, 0) is 0 Å². The van der Waals surface area contributed by atoms with Gasteiger partial charge < -0.3 is 0 Å². The van der Waals surface area contributed by atoms with Crippen molar-refractivity contribution in [2.75, 3.05) is 0 Å².